The lowest BCUT2D eigenvalue weighted by molar-refractivity contribution is -0.140. The summed E-state index contributed by atoms with van der Waals surface area (Å²) >= 11 is 5.88. The van der Waals surface area contributed by atoms with Gasteiger partial charge in [-0.25, -0.2) is 4.79 Å². The van der Waals surface area contributed by atoms with Gasteiger partial charge < -0.3 is 14.2 Å². The van der Waals surface area contributed by atoms with Crippen molar-refractivity contribution in [2.75, 3.05) is 14.2 Å². The van der Waals surface area contributed by atoms with Gasteiger partial charge in [0.05, 0.1) is 7.11 Å². The van der Waals surface area contributed by atoms with Crippen LogP contribution in [0, 0.1) is 0 Å². The van der Waals surface area contributed by atoms with Gasteiger partial charge in [0, 0.05) is 17.7 Å². The monoisotopic (exact) mass is 254 g/mol. The smallest absolute Gasteiger partial charge is 0.340 e. The molecule has 0 bridgehead atoms. The van der Waals surface area contributed by atoms with E-state index in [9.17, 15) is 4.79 Å². The Kier molecular flexibility index (Phi) is 3.36. The fraction of sp³-hybridized carbons (Fsp3) is 0.250. The molecule has 1 aromatic carbocycles. The van der Waals surface area contributed by atoms with Crippen LogP contribution in [0.25, 0.3) is 6.08 Å². The van der Waals surface area contributed by atoms with Gasteiger partial charge in [-0.1, -0.05) is 11.6 Å². The molecule has 0 radical (unpaired) electrons. The molecule has 0 aliphatic carbocycles. The molecule has 0 spiro atoms. The van der Waals surface area contributed by atoms with Gasteiger partial charge in [0.25, 0.3) is 0 Å². The number of hydrogen-bond acceptors (Lipinski definition) is 4. The maximum Gasteiger partial charge on any atom is 0.340 e. The topological polar surface area (TPSA) is 44.8 Å². The first-order valence-corrected chi connectivity index (χ1v) is 5.32. The fourth-order valence-electron chi connectivity index (χ4n) is 1.60. The molecule has 0 amide bonds. The summed E-state index contributed by atoms with van der Waals surface area (Å²) in [6.45, 7) is 0. The number of hydrogen-bond donors (Lipinski definition) is 0. The summed E-state index contributed by atoms with van der Waals surface area (Å²) < 4.78 is 15.3. The molecule has 1 aromatic rings. The van der Waals surface area contributed by atoms with E-state index in [1.165, 1.54) is 14.2 Å². The predicted molar refractivity (Wildman–Crippen MR) is 62.9 cm³/mol. The minimum absolute atomic E-state index is 0.310. The second kappa shape index (κ2) is 4.77. The lowest BCUT2D eigenvalue weighted by atomic mass is 10.1. The number of fused-ring (bicyclic) bond motifs is 1. The van der Waals surface area contributed by atoms with E-state index >= 15 is 0 Å². The van der Waals surface area contributed by atoms with Crippen molar-refractivity contribution in [1.82, 2.24) is 0 Å². The molecule has 0 N–H and O–H groups in total. The lowest BCUT2D eigenvalue weighted by Gasteiger charge is -2.24. The Bertz CT molecular complexity index is 481. The van der Waals surface area contributed by atoms with Gasteiger partial charge in [-0.3, -0.25) is 0 Å². The van der Waals surface area contributed by atoms with Gasteiger partial charge in [0.15, 0.2) is 0 Å². The van der Waals surface area contributed by atoms with Crippen molar-refractivity contribution in [2.24, 2.45) is 0 Å². The highest BCUT2D eigenvalue weighted by Gasteiger charge is 2.28. The molecule has 1 unspecified atom stereocenters. The zero-order chi connectivity index (χ0) is 12.4. The van der Waals surface area contributed by atoms with E-state index in [0.29, 0.717) is 16.3 Å². The maximum absolute atomic E-state index is 11.5. The van der Waals surface area contributed by atoms with Crippen LogP contribution in [0.15, 0.2) is 23.8 Å². The molecule has 4 nitrogen and oxygen atoms in total. The third-order valence-electron chi connectivity index (χ3n) is 2.41. The molecule has 1 heterocycles. The first-order valence-electron chi connectivity index (χ1n) is 4.94. The summed E-state index contributed by atoms with van der Waals surface area (Å²) in [5.41, 5.74) is 1.04. The van der Waals surface area contributed by atoms with Crippen LogP contribution in [0.2, 0.25) is 5.02 Å². The Morgan fingerprint density at radius 1 is 1.41 bits per heavy atom. The summed E-state index contributed by atoms with van der Waals surface area (Å²) in [7, 11) is 2.77. The first kappa shape index (κ1) is 12.0. The highest BCUT2D eigenvalue weighted by Crippen LogP contribution is 2.32. The second-order valence-electron chi connectivity index (χ2n) is 3.46. The fourth-order valence-corrected chi connectivity index (χ4v) is 1.78. The molecule has 2 rings (SSSR count). The largest absolute Gasteiger partial charge is 0.465 e. The first-order chi connectivity index (χ1) is 8.15. The number of methoxy groups -OCH3 is 2. The highest BCUT2D eigenvalue weighted by atomic mass is 35.5. The normalized spacial score (nSPS) is 17.8. The summed E-state index contributed by atoms with van der Waals surface area (Å²) in [5.74, 6) is 0.136. The highest BCUT2D eigenvalue weighted by molar-refractivity contribution is 6.30. The average Bonchev–Trinajstić information content (AvgIpc) is 2.36. The number of esters is 1. The molecule has 90 valence electrons. The van der Waals surface area contributed by atoms with Crippen LogP contribution in [-0.2, 0) is 14.3 Å². The van der Waals surface area contributed by atoms with Gasteiger partial charge in [-0.05, 0) is 24.3 Å². The molecule has 17 heavy (non-hydrogen) atoms. The summed E-state index contributed by atoms with van der Waals surface area (Å²) in [6.07, 6.45) is 0.904. The Morgan fingerprint density at radius 3 is 2.82 bits per heavy atom. The molecule has 1 atom stereocenters. The van der Waals surface area contributed by atoms with Crippen molar-refractivity contribution < 1.29 is 19.0 Å². The number of halogens is 1. The third-order valence-corrected chi connectivity index (χ3v) is 2.64. The van der Waals surface area contributed by atoms with Crippen LogP contribution >= 0.6 is 11.6 Å². The minimum atomic E-state index is -0.754. The van der Waals surface area contributed by atoms with E-state index in [1.807, 2.05) is 0 Å². The van der Waals surface area contributed by atoms with Crippen LogP contribution in [0.3, 0.4) is 0 Å². The van der Waals surface area contributed by atoms with E-state index in [0.717, 1.165) is 5.56 Å². The third kappa shape index (κ3) is 2.28. The van der Waals surface area contributed by atoms with Crippen LogP contribution in [-0.4, -0.2) is 26.5 Å². The molecule has 0 saturated heterocycles. The van der Waals surface area contributed by atoms with Crippen molar-refractivity contribution in [1.29, 1.82) is 0 Å². The van der Waals surface area contributed by atoms with Crippen molar-refractivity contribution in [3.05, 3.63) is 34.4 Å². The molecule has 0 aromatic heterocycles. The molecule has 1 aliphatic rings. The Hall–Kier alpha value is -1.52. The van der Waals surface area contributed by atoms with Crippen LogP contribution in [0.1, 0.15) is 5.56 Å². The van der Waals surface area contributed by atoms with E-state index in [4.69, 9.17) is 21.1 Å². The summed E-state index contributed by atoms with van der Waals surface area (Å²) in [5, 5.41) is 0.573. The van der Waals surface area contributed by atoms with E-state index in [1.54, 1.807) is 24.3 Å². The van der Waals surface area contributed by atoms with Crippen molar-refractivity contribution in [2.45, 2.75) is 6.29 Å². The quantitative estimate of drug-likeness (QED) is 0.760. The Morgan fingerprint density at radius 2 is 2.18 bits per heavy atom. The van der Waals surface area contributed by atoms with Crippen LogP contribution in [0.4, 0.5) is 0 Å². The second-order valence-corrected chi connectivity index (χ2v) is 3.90. The Balaban J connectivity index is 2.46. The Labute approximate surface area is 104 Å². The van der Waals surface area contributed by atoms with Gasteiger partial charge >= 0.3 is 5.97 Å². The molecular weight excluding hydrogens is 244 g/mol. The minimum Gasteiger partial charge on any atom is -0.465 e. The van der Waals surface area contributed by atoms with E-state index in [-0.39, 0.29) is 0 Å². The number of benzene rings is 1. The van der Waals surface area contributed by atoms with Gasteiger partial charge in [0.1, 0.15) is 11.3 Å². The zero-order valence-corrected chi connectivity index (χ0v) is 10.2. The number of ether oxygens (including phenoxy) is 3. The lowest BCUT2D eigenvalue weighted by Crippen LogP contribution is -2.29. The van der Waals surface area contributed by atoms with Gasteiger partial charge in [0.2, 0.25) is 6.29 Å². The number of rotatable bonds is 2. The standard InChI is InChI=1S/C12H11ClO4/c1-15-11(14)9-6-7-5-8(13)3-4-10(7)17-12(9)16-2/h3-6,12H,1-2H3. The van der Waals surface area contributed by atoms with Crippen molar-refractivity contribution in [3.8, 4) is 5.75 Å². The number of carbonyl (C=O) groups is 1. The molecule has 1 aliphatic heterocycles. The van der Waals surface area contributed by atoms with Gasteiger partial charge in [-0.15, -0.1) is 0 Å². The van der Waals surface area contributed by atoms with Crippen molar-refractivity contribution in [3.63, 3.8) is 0 Å². The SMILES string of the molecule is COC(=O)C1=Cc2cc(Cl)ccc2OC1OC. The molecule has 0 fully saturated rings. The predicted octanol–water partition coefficient (Wildman–Crippen LogP) is 2.26. The summed E-state index contributed by atoms with van der Waals surface area (Å²) in [4.78, 5) is 11.5. The number of carbonyl (C=O) groups excluding carboxylic acids is 1. The molecular formula is C12H11ClO4. The average molecular weight is 255 g/mol. The van der Waals surface area contributed by atoms with Crippen LogP contribution in [0.5, 0.6) is 5.75 Å². The summed E-state index contributed by atoms with van der Waals surface area (Å²) in [6, 6.07) is 5.16. The zero-order valence-electron chi connectivity index (χ0n) is 9.40. The van der Waals surface area contributed by atoms with Gasteiger partial charge in [-0.2, -0.15) is 0 Å². The van der Waals surface area contributed by atoms with E-state index < -0.39 is 12.3 Å². The maximum atomic E-state index is 11.5. The van der Waals surface area contributed by atoms with Crippen molar-refractivity contribution >= 4 is 23.6 Å². The molecule has 0 saturated carbocycles. The van der Waals surface area contributed by atoms with E-state index in [2.05, 4.69) is 4.74 Å². The van der Waals surface area contributed by atoms with Crippen LogP contribution < -0.4 is 4.74 Å². The molecule has 5 heteroatoms.